The zero-order valence-electron chi connectivity index (χ0n) is 11.8. The number of hydrazone groups is 1. The molecular weight excluding hydrogens is 278 g/mol. The van der Waals surface area contributed by atoms with Gasteiger partial charge in [0.15, 0.2) is 0 Å². The SMILES string of the molecule is O=C(Cc1c[nH]c2ccccc12)N/N=C\c1ccccc1O. The molecule has 110 valence electrons. The minimum Gasteiger partial charge on any atom is -0.507 e. The fourth-order valence-corrected chi connectivity index (χ4v) is 2.26. The number of H-pyrrole nitrogens is 1. The van der Waals surface area contributed by atoms with Crippen LogP contribution < -0.4 is 5.43 Å². The van der Waals surface area contributed by atoms with Crippen LogP contribution in [0.4, 0.5) is 0 Å². The van der Waals surface area contributed by atoms with E-state index in [1.165, 1.54) is 6.21 Å². The molecule has 0 radical (unpaired) electrons. The highest BCUT2D eigenvalue weighted by molar-refractivity contribution is 5.89. The van der Waals surface area contributed by atoms with Gasteiger partial charge in [-0.25, -0.2) is 5.43 Å². The lowest BCUT2D eigenvalue weighted by molar-refractivity contribution is -0.120. The Hall–Kier alpha value is -3.08. The van der Waals surface area contributed by atoms with Crippen LogP contribution in [0, 0.1) is 0 Å². The number of rotatable bonds is 4. The number of aromatic nitrogens is 1. The van der Waals surface area contributed by atoms with Gasteiger partial charge in [0.25, 0.3) is 0 Å². The van der Waals surface area contributed by atoms with E-state index < -0.39 is 0 Å². The third-order valence-electron chi connectivity index (χ3n) is 3.36. The molecule has 2 aromatic carbocycles. The third kappa shape index (κ3) is 2.98. The van der Waals surface area contributed by atoms with Crippen LogP contribution in [0.3, 0.4) is 0 Å². The van der Waals surface area contributed by atoms with Crippen LogP contribution in [0.2, 0.25) is 0 Å². The van der Waals surface area contributed by atoms with E-state index >= 15 is 0 Å². The number of carbonyl (C=O) groups is 1. The molecule has 0 atom stereocenters. The first-order chi connectivity index (χ1) is 10.7. The Kier molecular flexibility index (Phi) is 3.87. The van der Waals surface area contributed by atoms with Crippen molar-refractivity contribution in [2.24, 2.45) is 5.10 Å². The average molecular weight is 293 g/mol. The summed E-state index contributed by atoms with van der Waals surface area (Å²) in [4.78, 5) is 15.1. The van der Waals surface area contributed by atoms with Crippen molar-refractivity contribution in [1.82, 2.24) is 10.4 Å². The van der Waals surface area contributed by atoms with Crippen molar-refractivity contribution in [2.75, 3.05) is 0 Å². The normalized spacial score (nSPS) is 11.1. The van der Waals surface area contributed by atoms with Gasteiger partial charge >= 0.3 is 0 Å². The zero-order chi connectivity index (χ0) is 15.4. The Balaban J connectivity index is 1.65. The van der Waals surface area contributed by atoms with E-state index in [0.29, 0.717) is 5.56 Å². The smallest absolute Gasteiger partial charge is 0.244 e. The third-order valence-corrected chi connectivity index (χ3v) is 3.36. The van der Waals surface area contributed by atoms with Gasteiger partial charge in [0.2, 0.25) is 5.91 Å². The quantitative estimate of drug-likeness (QED) is 0.510. The van der Waals surface area contributed by atoms with Crippen molar-refractivity contribution >= 4 is 23.0 Å². The average Bonchev–Trinajstić information content (AvgIpc) is 2.92. The van der Waals surface area contributed by atoms with E-state index in [-0.39, 0.29) is 18.1 Å². The van der Waals surface area contributed by atoms with Crippen molar-refractivity contribution < 1.29 is 9.90 Å². The number of hydrogen-bond donors (Lipinski definition) is 3. The summed E-state index contributed by atoms with van der Waals surface area (Å²) >= 11 is 0. The van der Waals surface area contributed by atoms with E-state index in [4.69, 9.17) is 0 Å². The van der Waals surface area contributed by atoms with Crippen LogP contribution in [-0.2, 0) is 11.2 Å². The van der Waals surface area contributed by atoms with E-state index in [1.807, 2.05) is 30.5 Å². The lowest BCUT2D eigenvalue weighted by Gasteiger charge is -2.00. The maximum Gasteiger partial charge on any atom is 0.244 e. The lowest BCUT2D eigenvalue weighted by atomic mass is 10.1. The number of benzene rings is 2. The van der Waals surface area contributed by atoms with Gasteiger partial charge in [0.05, 0.1) is 12.6 Å². The summed E-state index contributed by atoms with van der Waals surface area (Å²) in [6.45, 7) is 0. The van der Waals surface area contributed by atoms with Crippen LogP contribution in [0.1, 0.15) is 11.1 Å². The van der Waals surface area contributed by atoms with Gasteiger partial charge in [-0.3, -0.25) is 4.79 Å². The van der Waals surface area contributed by atoms with Crippen molar-refractivity contribution in [3.05, 3.63) is 65.9 Å². The number of amides is 1. The van der Waals surface area contributed by atoms with Gasteiger partial charge < -0.3 is 10.1 Å². The second-order valence-corrected chi connectivity index (χ2v) is 4.89. The molecule has 5 heteroatoms. The molecule has 0 saturated heterocycles. The van der Waals surface area contributed by atoms with Gasteiger partial charge in [-0.2, -0.15) is 5.10 Å². The first-order valence-electron chi connectivity index (χ1n) is 6.89. The van der Waals surface area contributed by atoms with Gasteiger partial charge in [-0.1, -0.05) is 30.3 Å². The van der Waals surface area contributed by atoms with Crippen molar-refractivity contribution in [3.63, 3.8) is 0 Å². The molecule has 0 saturated carbocycles. The van der Waals surface area contributed by atoms with Gasteiger partial charge in [-0.05, 0) is 23.8 Å². The van der Waals surface area contributed by atoms with Crippen LogP contribution in [0.15, 0.2) is 59.8 Å². The predicted molar refractivity (Wildman–Crippen MR) is 85.8 cm³/mol. The summed E-state index contributed by atoms with van der Waals surface area (Å²) in [6, 6.07) is 14.6. The second-order valence-electron chi connectivity index (χ2n) is 4.89. The number of nitrogens with one attached hydrogen (secondary N) is 2. The Morgan fingerprint density at radius 3 is 2.82 bits per heavy atom. The van der Waals surface area contributed by atoms with E-state index in [0.717, 1.165) is 16.5 Å². The summed E-state index contributed by atoms with van der Waals surface area (Å²) in [6.07, 6.45) is 3.49. The molecule has 1 aromatic heterocycles. The number of nitrogens with zero attached hydrogens (tertiary/aromatic N) is 1. The molecule has 1 amide bonds. The standard InChI is InChI=1S/C17H15N3O2/c21-16-8-4-1-5-12(16)11-19-20-17(22)9-13-10-18-15-7-3-2-6-14(13)15/h1-8,10-11,18,21H,9H2,(H,20,22)/b19-11-. The largest absolute Gasteiger partial charge is 0.507 e. The molecule has 0 unspecified atom stereocenters. The van der Waals surface area contributed by atoms with Gasteiger partial charge in [0, 0.05) is 22.7 Å². The fraction of sp³-hybridized carbons (Fsp3) is 0.0588. The highest BCUT2D eigenvalue weighted by Gasteiger charge is 2.07. The molecule has 3 N–H and O–H groups in total. The molecule has 0 bridgehead atoms. The number of fused-ring (bicyclic) bond motifs is 1. The first kappa shape index (κ1) is 13.9. The molecule has 1 heterocycles. The molecule has 22 heavy (non-hydrogen) atoms. The summed E-state index contributed by atoms with van der Waals surface area (Å²) in [7, 11) is 0. The fourth-order valence-electron chi connectivity index (χ4n) is 2.26. The number of carbonyl (C=O) groups excluding carboxylic acids is 1. The summed E-state index contributed by atoms with van der Waals surface area (Å²) < 4.78 is 0. The summed E-state index contributed by atoms with van der Waals surface area (Å²) in [5.74, 6) is -0.0893. The number of hydrogen-bond acceptors (Lipinski definition) is 3. The van der Waals surface area contributed by atoms with Crippen LogP contribution in [-0.4, -0.2) is 22.2 Å². The van der Waals surface area contributed by atoms with Gasteiger partial charge in [0.1, 0.15) is 5.75 Å². The Labute approximate surface area is 127 Å². The molecule has 0 aliphatic heterocycles. The van der Waals surface area contributed by atoms with Crippen LogP contribution in [0.25, 0.3) is 10.9 Å². The van der Waals surface area contributed by atoms with Crippen LogP contribution in [0.5, 0.6) is 5.75 Å². The topological polar surface area (TPSA) is 77.5 Å². The Morgan fingerprint density at radius 2 is 1.95 bits per heavy atom. The highest BCUT2D eigenvalue weighted by atomic mass is 16.3. The monoisotopic (exact) mass is 293 g/mol. The van der Waals surface area contributed by atoms with Crippen LogP contribution >= 0.6 is 0 Å². The van der Waals surface area contributed by atoms with Crippen molar-refractivity contribution in [1.29, 1.82) is 0 Å². The van der Waals surface area contributed by atoms with Crippen molar-refractivity contribution in [2.45, 2.75) is 6.42 Å². The van der Waals surface area contributed by atoms with E-state index in [9.17, 15) is 9.90 Å². The molecular formula is C17H15N3O2. The van der Waals surface area contributed by atoms with Gasteiger partial charge in [-0.15, -0.1) is 0 Å². The minimum atomic E-state index is -0.212. The maximum absolute atomic E-state index is 11.9. The summed E-state index contributed by atoms with van der Waals surface area (Å²) in [5, 5.41) is 14.5. The number of phenolic OH excluding ortho intramolecular Hbond substituents is 1. The molecule has 3 aromatic rings. The lowest BCUT2D eigenvalue weighted by Crippen LogP contribution is -2.19. The molecule has 0 spiro atoms. The number of para-hydroxylation sites is 2. The molecule has 0 aliphatic carbocycles. The maximum atomic E-state index is 11.9. The number of aromatic amines is 1. The zero-order valence-corrected chi connectivity index (χ0v) is 11.8. The Morgan fingerprint density at radius 1 is 1.18 bits per heavy atom. The highest BCUT2D eigenvalue weighted by Crippen LogP contribution is 2.18. The first-order valence-corrected chi connectivity index (χ1v) is 6.89. The summed E-state index contributed by atoms with van der Waals surface area (Å²) in [5.41, 5.74) is 4.94. The van der Waals surface area contributed by atoms with E-state index in [1.54, 1.807) is 24.3 Å². The Bertz CT molecular complexity index is 837. The molecule has 0 aliphatic rings. The number of aromatic hydroxyl groups is 1. The van der Waals surface area contributed by atoms with Crippen molar-refractivity contribution in [3.8, 4) is 5.75 Å². The van der Waals surface area contributed by atoms with E-state index in [2.05, 4.69) is 15.5 Å². The number of phenols is 1. The minimum absolute atomic E-state index is 0.122. The molecule has 0 fully saturated rings. The molecule has 5 nitrogen and oxygen atoms in total. The second kappa shape index (κ2) is 6.13. The molecule has 3 rings (SSSR count). The predicted octanol–water partition coefficient (Wildman–Crippen LogP) is 2.57.